The van der Waals surface area contributed by atoms with Gasteiger partial charge in [-0.3, -0.25) is 0 Å². The highest BCUT2D eigenvalue weighted by Crippen LogP contribution is 2.28. The van der Waals surface area contributed by atoms with Crippen molar-refractivity contribution < 1.29 is 14.6 Å². The quantitative estimate of drug-likeness (QED) is 0.672. The maximum atomic E-state index is 9.77. The lowest BCUT2D eigenvalue weighted by Gasteiger charge is -2.15. The monoisotopic (exact) mass is 267 g/mol. The van der Waals surface area contributed by atoms with E-state index in [0.717, 1.165) is 19.4 Å². The zero-order valence-electron chi connectivity index (χ0n) is 12.1. The zero-order valence-corrected chi connectivity index (χ0v) is 12.1. The van der Waals surface area contributed by atoms with Crippen LogP contribution in [0.5, 0.6) is 11.5 Å². The molecule has 19 heavy (non-hydrogen) atoms. The van der Waals surface area contributed by atoms with Crippen LogP contribution in [0.25, 0.3) is 0 Å². The van der Waals surface area contributed by atoms with E-state index in [1.165, 1.54) is 5.56 Å². The summed E-state index contributed by atoms with van der Waals surface area (Å²) in [6.45, 7) is 5.90. The molecule has 4 nitrogen and oxygen atoms in total. The van der Waals surface area contributed by atoms with Crippen molar-refractivity contribution in [1.29, 1.82) is 0 Å². The number of benzene rings is 1. The molecule has 0 amide bonds. The van der Waals surface area contributed by atoms with Gasteiger partial charge < -0.3 is 19.9 Å². The van der Waals surface area contributed by atoms with Crippen molar-refractivity contribution in [2.24, 2.45) is 0 Å². The maximum Gasteiger partial charge on any atom is 0.161 e. The van der Waals surface area contributed by atoms with Gasteiger partial charge in [-0.2, -0.15) is 0 Å². The van der Waals surface area contributed by atoms with Crippen LogP contribution in [0.1, 0.15) is 25.8 Å². The van der Waals surface area contributed by atoms with Gasteiger partial charge in [0.1, 0.15) is 12.7 Å². The Morgan fingerprint density at radius 1 is 1.26 bits per heavy atom. The molecule has 0 saturated carbocycles. The van der Waals surface area contributed by atoms with Crippen LogP contribution in [0.3, 0.4) is 0 Å². The Hall–Kier alpha value is -1.26. The van der Waals surface area contributed by atoms with Gasteiger partial charge in [-0.05, 0) is 37.1 Å². The molecule has 1 aromatic rings. The molecule has 0 aliphatic rings. The largest absolute Gasteiger partial charge is 0.493 e. The summed E-state index contributed by atoms with van der Waals surface area (Å²) < 4.78 is 10.9. The van der Waals surface area contributed by atoms with E-state index in [0.29, 0.717) is 18.0 Å². The number of aliphatic hydroxyl groups is 1. The predicted octanol–water partition coefficient (Wildman–Crippen LogP) is 2.00. The summed E-state index contributed by atoms with van der Waals surface area (Å²) in [5.74, 6) is 1.39. The molecule has 1 aromatic carbocycles. The highest BCUT2D eigenvalue weighted by Gasteiger charge is 2.09. The van der Waals surface area contributed by atoms with E-state index < -0.39 is 6.10 Å². The Labute approximate surface area is 115 Å². The van der Waals surface area contributed by atoms with E-state index in [-0.39, 0.29) is 6.61 Å². The average Bonchev–Trinajstić information content (AvgIpc) is 2.45. The number of aryl methyl sites for hydroxylation is 1. The van der Waals surface area contributed by atoms with Gasteiger partial charge in [0.25, 0.3) is 0 Å². The first-order valence-corrected chi connectivity index (χ1v) is 6.89. The first kappa shape index (κ1) is 15.8. The molecule has 4 heteroatoms. The molecule has 0 aliphatic carbocycles. The van der Waals surface area contributed by atoms with Crippen molar-refractivity contribution in [3.8, 4) is 11.5 Å². The first-order valence-electron chi connectivity index (χ1n) is 6.89. The highest BCUT2D eigenvalue weighted by molar-refractivity contribution is 5.42. The van der Waals surface area contributed by atoms with Crippen LogP contribution in [0.4, 0.5) is 0 Å². The van der Waals surface area contributed by atoms with E-state index in [1.54, 1.807) is 7.11 Å². The van der Waals surface area contributed by atoms with Crippen molar-refractivity contribution in [1.82, 2.24) is 5.32 Å². The second-order valence-corrected chi connectivity index (χ2v) is 4.51. The molecule has 0 bridgehead atoms. The van der Waals surface area contributed by atoms with Crippen LogP contribution in [0, 0.1) is 0 Å². The molecule has 0 fully saturated rings. The number of nitrogens with one attached hydrogen (secondary N) is 1. The highest BCUT2D eigenvalue weighted by atomic mass is 16.5. The molecular formula is C15H25NO3. The van der Waals surface area contributed by atoms with Gasteiger partial charge in [-0.15, -0.1) is 0 Å². The Balaban J connectivity index is 2.47. The normalized spacial score (nSPS) is 12.2. The van der Waals surface area contributed by atoms with Gasteiger partial charge in [0.2, 0.25) is 0 Å². The SMILES string of the molecule is CCCNCC(O)COc1ccc(CC)cc1OC. The summed E-state index contributed by atoms with van der Waals surface area (Å²) in [5.41, 5.74) is 1.20. The maximum absolute atomic E-state index is 9.77. The minimum Gasteiger partial charge on any atom is -0.493 e. The molecule has 108 valence electrons. The van der Waals surface area contributed by atoms with Crippen molar-refractivity contribution >= 4 is 0 Å². The van der Waals surface area contributed by atoms with E-state index in [2.05, 4.69) is 19.2 Å². The molecule has 0 radical (unpaired) electrons. The predicted molar refractivity (Wildman–Crippen MR) is 77.0 cm³/mol. The number of hydrogen-bond donors (Lipinski definition) is 2. The van der Waals surface area contributed by atoms with Crippen LogP contribution in [-0.2, 0) is 6.42 Å². The number of aliphatic hydroxyl groups excluding tert-OH is 1. The summed E-state index contributed by atoms with van der Waals surface area (Å²) >= 11 is 0. The molecule has 2 N–H and O–H groups in total. The fraction of sp³-hybridized carbons (Fsp3) is 0.600. The molecule has 0 aliphatic heterocycles. The minimum atomic E-state index is -0.512. The van der Waals surface area contributed by atoms with Gasteiger partial charge in [0, 0.05) is 6.54 Å². The Morgan fingerprint density at radius 3 is 2.68 bits per heavy atom. The fourth-order valence-corrected chi connectivity index (χ4v) is 1.74. The fourth-order valence-electron chi connectivity index (χ4n) is 1.74. The Morgan fingerprint density at radius 2 is 2.05 bits per heavy atom. The van der Waals surface area contributed by atoms with Crippen molar-refractivity contribution in [3.63, 3.8) is 0 Å². The molecule has 0 aromatic heterocycles. The average molecular weight is 267 g/mol. The van der Waals surface area contributed by atoms with Crippen molar-refractivity contribution in [2.45, 2.75) is 32.8 Å². The van der Waals surface area contributed by atoms with Crippen LogP contribution >= 0.6 is 0 Å². The van der Waals surface area contributed by atoms with Gasteiger partial charge in [-0.1, -0.05) is 19.9 Å². The number of hydrogen-bond acceptors (Lipinski definition) is 4. The lowest BCUT2D eigenvalue weighted by molar-refractivity contribution is 0.105. The van der Waals surface area contributed by atoms with Crippen LogP contribution in [0.15, 0.2) is 18.2 Å². The molecule has 1 rings (SSSR count). The van der Waals surface area contributed by atoms with Gasteiger partial charge in [0.05, 0.1) is 7.11 Å². The zero-order chi connectivity index (χ0) is 14.1. The third-order valence-electron chi connectivity index (χ3n) is 2.87. The molecule has 0 saturated heterocycles. The van der Waals surface area contributed by atoms with Crippen LogP contribution in [-0.4, -0.2) is 38.0 Å². The molecule has 1 unspecified atom stereocenters. The van der Waals surface area contributed by atoms with E-state index >= 15 is 0 Å². The summed E-state index contributed by atoms with van der Waals surface area (Å²) in [7, 11) is 1.63. The van der Waals surface area contributed by atoms with E-state index in [1.807, 2.05) is 18.2 Å². The van der Waals surface area contributed by atoms with Crippen LogP contribution in [0.2, 0.25) is 0 Å². The summed E-state index contributed by atoms with van der Waals surface area (Å²) in [6, 6.07) is 5.88. The summed E-state index contributed by atoms with van der Waals surface area (Å²) in [4.78, 5) is 0. The summed E-state index contributed by atoms with van der Waals surface area (Å²) in [6.07, 6.45) is 1.50. The van der Waals surface area contributed by atoms with Crippen molar-refractivity contribution in [2.75, 3.05) is 26.8 Å². The third kappa shape index (κ3) is 5.49. The van der Waals surface area contributed by atoms with Gasteiger partial charge >= 0.3 is 0 Å². The first-order chi connectivity index (χ1) is 9.21. The molecule has 0 spiro atoms. The van der Waals surface area contributed by atoms with Crippen LogP contribution < -0.4 is 14.8 Å². The van der Waals surface area contributed by atoms with E-state index in [4.69, 9.17) is 9.47 Å². The second kappa shape index (κ2) is 8.77. The van der Waals surface area contributed by atoms with Gasteiger partial charge in [0.15, 0.2) is 11.5 Å². The number of ether oxygens (including phenoxy) is 2. The lowest BCUT2D eigenvalue weighted by atomic mass is 10.1. The number of rotatable bonds is 9. The lowest BCUT2D eigenvalue weighted by Crippen LogP contribution is -2.31. The standard InChI is InChI=1S/C15H25NO3/c1-4-8-16-10-13(17)11-19-14-7-6-12(5-2)9-15(14)18-3/h6-7,9,13,16-17H,4-5,8,10-11H2,1-3H3. The van der Waals surface area contributed by atoms with E-state index in [9.17, 15) is 5.11 Å². The minimum absolute atomic E-state index is 0.262. The topological polar surface area (TPSA) is 50.7 Å². The molecule has 0 heterocycles. The Bertz CT molecular complexity index is 368. The molecule has 1 atom stereocenters. The molecular weight excluding hydrogens is 242 g/mol. The number of methoxy groups -OCH3 is 1. The Kier molecular flexibility index (Phi) is 7.30. The van der Waals surface area contributed by atoms with Gasteiger partial charge in [-0.25, -0.2) is 0 Å². The van der Waals surface area contributed by atoms with Crippen molar-refractivity contribution in [3.05, 3.63) is 23.8 Å². The third-order valence-corrected chi connectivity index (χ3v) is 2.87. The second-order valence-electron chi connectivity index (χ2n) is 4.51. The smallest absolute Gasteiger partial charge is 0.161 e. The summed E-state index contributed by atoms with van der Waals surface area (Å²) in [5, 5.41) is 12.9.